The second-order valence-corrected chi connectivity index (χ2v) is 9.72. The number of ether oxygens (including phenoxy) is 1. The number of aromatic nitrogens is 2. The lowest BCUT2D eigenvalue weighted by Gasteiger charge is -2.22. The van der Waals surface area contributed by atoms with Crippen LogP contribution in [-0.2, 0) is 0 Å². The van der Waals surface area contributed by atoms with E-state index < -0.39 is 0 Å². The van der Waals surface area contributed by atoms with Gasteiger partial charge in [-0.25, -0.2) is 4.98 Å². The lowest BCUT2D eigenvalue weighted by Crippen LogP contribution is -1.97. The third kappa shape index (κ3) is 3.33. The number of fused-ring (bicyclic) bond motifs is 3. The van der Waals surface area contributed by atoms with Crippen molar-refractivity contribution < 1.29 is 4.74 Å². The summed E-state index contributed by atoms with van der Waals surface area (Å²) in [6.07, 6.45) is 4.09. The van der Waals surface area contributed by atoms with Crippen LogP contribution in [0.2, 0.25) is 0 Å². The van der Waals surface area contributed by atoms with Crippen LogP contribution in [0.3, 0.4) is 0 Å². The predicted octanol–water partition coefficient (Wildman–Crippen LogP) is 9.26. The molecule has 0 amide bonds. The first kappa shape index (κ1) is 21.0. The van der Waals surface area contributed by atoms with Gasteiger partial charge in [0, 0.05) is 28.9 Å². The highest BCUT2D eigenvalue weighted by Gasteiger charge is 2.20. The molecule has 1 aliphatic rings. The van der Waals surface area contributed by atoms with Gasteiger partial charge in [0.2, 0.25) is 0 Å². The first-order chi connectivity index (χ1) is 18.8. The first-order valence-electron chi connectivity index (χ1n) is 12.8. The highest BCUT2D eigenvalue weighted by Crippen LogP contribution is 2.47. The summed E-state index contributed by atoms with van der Waals surface area (Å²) in [7, 11) is 0. The van der Waals surface area contributed by atoms with E-state index in [1.165, 1.54) is 33.0 Å². The minimum Gasteiger partial charge on any atom is -0.456 e. The smallest absolute Gasteiger partial charge is 0.137 e. The van der Waals surface area contributed by atoms with Crippen molar-refractivity contribution in [1.82, 2.24) is 9.38 Å². The standard InChI is InChI=1S/C35H22N2O/c1-2-20-37-22-31(36-34(37)9-1)26-16-14-24(15-17-26)23-10-12-25(13-11-23)28-18-19-29-30-7-3-5-27-6-4-8-32(35(27)30)38-33(29)21-28/h1-22H. The topological polar surface area (TPSA) is 26.5 Å². The van der Waals surface area contributed by atoms with Crippen LogP contribution in [0, 0.1) is 0 Å². The normalized spacial score (nSPS) is 11.9. The first-order valence-corrected chi connectivity index (χ1v) is 12.8. The van der Waals surface area contributed by atoms with Gasteiger partial charge in [0.1, 0.15) is 17.1 Å². The molecule has 0 spiro atoms. The van der Waals surface area contributed by atoms with Crippen LogP contribution in [0.25, 0.3) is 61.1 Å². The molecule has 0 radical (unpaired) electrons. The molecule has 0 bridgehead atoms. The number of benzene rings is 5. The number of hydrogen-bond acceptors (Lipinski definition) is 2. The van der Waals surface area contributed by atoms with Gasteiger partial charge in [0.15, 0.2) is 0 Å². The zero-order valence-electron chi connectivity index (χ0n) is 20.5. The predicted molar refractivity (Wildman–Crippen MR) is 155 cm³/mol. The molecule has 1 aliphatic heterocycles. The van der Waals surface area contributed by atoms with Crippen molar-refractivity contribution in [3.8, 4) is 56.1 Å². The lowest BCUT2D eigenvalue weighted by molar-refractivity contribution is 0.487. The summed E-state index contributed by atoms with van der Waals surface area (Å²) >= 11 is 0. The van der Waals surface area contributed by atoms with Gasteiger partial charge in [-0.3, -0.25) is 0 Å². The molecule has 0 N–H and O–H groups in total. The minimum absolute atomic E-state index is 0.903. The maximum absolute atomic E-state index is 6.36. The van der Waals surface area contributed by atoms with Crippen LogP contribution in [0.15, 0.2) is 134 Å². The molecule has 38 heavy (non-hydrogen) atoms. The fraction of sp³-hybridized carbons (Fsp3) is 0. The summed E-state index contributed by atoms with van der Waals surface area (Å²) in [6.45, 7) is 0. The Morgan fingerprint density at radius 1 is 0.526 bits per heavy atom. The Kier molecular flexibility index (Phi) is 4.52. The van der Waals surface area contributed by atoms with Gasteiger partial charge < -0.3 is 9.14 Å². The van der Waals surface area contributed by atoms with E-state index in [2.05, 4.69) is 109 Å². The van der Waals surface area contributed by atoms with Gasteiger partial charge in [-0.05, 0) is 63.5 Å². The molecule has 0 unspecified atom stereocenters. The second kappa shape index (κ2) is 8.19. The molecule has 3 nitrogen and oxygen atoms in total. The van der Waals surface area contributed by atoms with Crippen molar-refractivity contribution in [2.45, 2.75) is 0 Å². The second-order valence-electron chi connectivity index (χ2n) is 9.72. The molecule has 8 rings (SSSR count). The highest BCUT2D eigenvalue weighted by atomic mass is 16.5. The summed E-state index contributed by atoms with van der Waals surface area (Å²) in [5.74, 6) is 1.82. The summed E-state index contributed by atoms with van der Waals surface area (Å²) in [5, 5.41) is 2.39. The average molecular weight is 487 g/mol. The van der Waals surface area contributed by atoms with Gasteiger partial charge in [0.25, 0.3) is 0 Å². The molecule has 5 aromatic carbocycles. The van der Waals surface area contributed by atoms with Crippen LogP contribution in [0.1, 0.15) is 0 Å². The van der Waals surface area contributed by atoms with Gasteiger partial charge in [-0.2, -0.15) is 0 Å². The monoisotopic (exact) mass is 486 g/mol. The minimum atomic E-state index is 0.903. The van der Waals surface area contributed by atoms with E-state index in [-0.39, 0.29) is 0 Å². The van der Waals surface area contributed by atoms with Gasteiger partial charge >= 0.3 is 0 Å². The van der Waals surface area contributed by atoms with Crippen molar-refractivity contribution in [1.29, 1.82) is 0 Å². The van der Waals surface area contributed by atoms with Crippen LogP contribution < -0.4 is 4.74 Å². The van der Waals surface area contributed by atoms with Crippen molar-refractivity contribution in [2.75, 3.05) is 0 Å². The van der Waals surface area contributed by atoms with E-state index in [1.54, 1.807) is 0 Å². The number of nitrogens with zero attached hydrogens (tertiary/aromatic N) is 2. The van der Waals surface area contributed by atoms with Crippen molar-refractivity contribution in [3.05, 3.63) is 134 Å². The van der Waals surface area contributed by atoms with E-state index in [0.717, 1.165) is 39.5 Å². The highest BCUT2D eigenvalue weighted by molar-refractivity contribution is 6.04. The van der Waals surface area contributed by atoms with Gasteiger partial charge in [-0.15, -0.1) is 0 Å². The zero-order valence-corrected chi connectivity index (χ0v) is 20.5. The molecule has 0 fully saturated rings. The molecule has 0 saturated heterocycles. The van der Waals surface area contributed by atoms with Crippen molar-refractivity contribution >= 4 is 16.4 Å². The molecule has 0 atom stereocenters. The van der Waals surface area contributed by atoms with Gasteiger partial charge in [0.05, 0.1) is 5.69 Å². The molecule has 3 heterocycles. The number of rotatable bonds is 3. The maximum Gasteiger partial charge on any atom is 0.137 e. The Bertz CT molecular complexity index is 1940. The molecule has 0 saturated carbocycles. The van der Waals surface area contributed by atoms with Crippen LogP contribution >= 0.6 is 0 Å². The Balaban J connectivity index is 1.08. The average Bonchev–Trinajstić information content (AvgIpc) is 3.42. The molecular weight excluding hydrogens is 464 g/mol. The van der Waals surface area contributed by atoms with E-state index in [9.17, 15) is 0 Å². The van der Waals surface area contributed by atoms with Gasteiger partial charge in [-0.1, -0.05) is 91.0 Å². The van der Waals surface area contributed by atoms with E-state index >= 15 is 0 Å². The van der Waals surface area contributed by atoms with E-state index in [4.69, 9.17) is 9.72 Å². The number of pyridine rings is 1. The quantitative estimate of drug-likeness (QED) is 0.249. The summed E-state index contributed by atoms with van der Waals surface area (Å²) in [5.41, 5.74) is 10.1. The third-order valence-corrected chi connectivity index (χ3v) is 7.45. The summed E-state index contributed by atoms with van der Waals surface area (Å²) < 4.78 is 8.41. The number of imidazole rings is 1. The molecule has 3 heteroatoms. The zero-order chi connectivity index (χ0) is 25.1. The fourth-order valence-electron chi connectivity index (χ4n) is 5.51. The molecule has 2 aromatic heterocycles. The molecule has 0 aliphatic carbocycles. The Morgan fingerprint density at radius 3 is 1.97 bits per heavy atom. The SMILES string of the molecule is c1cc2c3c(cccc3c1)-c1ccc(-c3ccc(-c4ccc(-c5cn6ccccc6n5)cc4)cc3)cc1O2. The van der Waals surface area contributed by atoms with E-state index in [0.29, 0.717) is 0 Å². The molecule has 178 valence electrons. The van der Waals surface area contributed by atoms with E-state index in [1.807, 2.05) is 28.8 Å². The van der Waals surface area contributed by atoms with Crippen LogP contribution in [0.5, 0.6) is 11.5 Å². The molecular formula is C35H22N2O. The lowest BCUT2D eigenvalue weighted by atomic mass is 9.92. The summed E-state index contributed by atoms with van der Waals surface area (Å²) in [4.78, 5) is 4.74. The van der Waals surface area contributed by atoms with Crippen molar-refractivity contribution in [2.24, 2.45) is 0 Å². The van der Waals surface area contributed by atoms with Crippen LogP contribution in [0.4, 0.5) is 0 Å². The number of hydrogen-bond donors (Lipinski definition) is 0. The third-order valence-electron chi connectivity index (χ3n) is 7.45. The van der Waals surface area contributed by atoms with Crippen LogP contribution in [-0.4, -0.2) is 9.38 Å². The summed E-state index contributed by atoms with van der Waals surface area (Å²) in [6, 6.07) is 42.6. The fourth-order valence-corrected chi connectivity index (χ4v) is 5.51. The Morgan fingerprint density at radius 2 is 1.21 bits per heavy atom. The Labute approximate surface area is 220 Å². The maximum atomic E-state index is 6.36. The molecule has 7 aromatic rings. The Hall–Kier alpha value is -5.15. The van der Waals surface area contributed by atoms with Crippen molar-refractivity contribution in [3.63, 3.8) is 0 Å². The largest absolute Gasteiger partial charge is 0.456 e.